The average Bonchev–Trinajstić information content (AvgIpc) is 3.50. The number of nitrogens with one attached hydrogen (secondary N) is 2. The van der Waals surface area contributed by atoms with Crippen LogP contribution in [0.25, 0.3) is 0 Å². The van der Waals surface area contributed by atoms with Crippen molar-refractivity contribution in [3.63, 3.8) is 0 Å². The Hall–Kier alpha value is -2.56. The quantitative estimate of drug-likeness (QED) is 0.555. The molecule has 0 spiro atoms. The molecule has 1 aromatic carbocycles. The van der Waals surface area contributed by atoms with Crippen molar-refractivity contribution in [3.8, 4) is 5.75 Å². The maximum Gasteiger partial charge on any atom is 0.191 e. The molecule has 0 atom stereocenters. The average molecular weight is 367 g/mol. The van der Waals surface area contributed by atoms with Gasteiger partial charge in [-0.1, -0.05) is 12.1 Å². The number of aliphatic imine (C=N–C) groups is 1. The molecule has 2 aromatic rings. The third-order valence-corrected chi connectivity index (χ3v) is 4.89. The summed E-state index contributed by atoms with van der Waals surface area (Å²) in [5.74, 6) is 2.53. The first kappa shape index (κ1) is 19.2. The SMILES string of the molecule is CN=C(NCCc1ccncc1C)NCc1ccc(C)cc1OCC1CC1. The molecule has 27 heavy (non-hydrogen) atoms. The smallest absolute Gasteiger partial charge is 0.191 e. The van der Waals surface area contributed by atoms with Crippen LogP contribution in [0.2, 0.25) is 0 Å². The molecule has 0 bridgehead atoms. The van der Waals surface area contributed by atoms with Gasteiger partial charge in [-0.25, -0.2) is 0 Å². The monoisotopic (exact) mass is 366 g/mol. The van der Waals surface area contributed by atoms with Crippen LogP contribution in [0.3, 0.4) is 0 Å². The third kappa shape index (κ3) is 5.98. The molecular formula is C22H30N4O. The van der Waals surface area contributed by atoms with Crippen molar-refractivity contribution in [2.75, 3.05) is 20.2 Å². The highest BCUT2D eigenvalue weighted by molar-refractivity contribution is 5.79. The lowest BCUT2D eigenvalue weighted by Gasteiger charge is -2.15. The second-order valence-corrected chi connectivity index (χ2v) is 7.27. The van der Waals surface area contributed by atoms with E-state index in [0.29, 0.717) is 6.54 Å². The molecule has 1 aliphatic carbocycles. The molecule has 5 nitrogen and oxygen atoms in total. The number of benzene rings is 1. The summed E-state index contributed by atoms with van der Waals surface area (Å²) in [5.41, 5.74) is 4.91. The Morgan fingerprint density at radius 2 is 2.04 bits per heavy atom. The predicted octanol–water partition coefficient (Wildman–Crippen LogP) is 3.39. The summed E-state index contributed by atoms with van der Waals surface area (Å²) >= 11 is 0. The number of rotatable bonds is 8. The van der Waals surface area contributed by atoms with Gasteiger partial charge >= 0.3 is 0 Å². The molecule has 0 saturated heterocycles. The summed E-state index contributed by atoms with van der Waals surface area (Å²) in [4.78, 5) is 8.47. The van der Waals surface area contributed by atoms with Gasteiger partial charge in [-0.2, -0.15) is 0 Å². The van der Waals surface area contributed by atoms with E-state index in [1.165, 1.54) is 29.5 Å². The molecule has 3 rings (SSSR count). The van der Waals surface area contributed by atoms with Crippen LogP contribution in [-0.2, 0) is 13.0 Å². The van der Waals surface area contributed by atoms with Gasteiger partial charge in [0.05, 0.1) is 6.61 Å². The number of aromatic nitrogens is 1. The summed E-state index contributed by atoms with van der Waals surface area (Å²) in [7, 11) is 1.80. The first-order valence-electron chi connectivity index (χ1n) is 9.72. The maximum absolute atomic E-state index is 6.05. The fourth-order valence-electron chi connectivity index (χ4n) is 2.93. The lowest BCUT2D eigenvalue weighted by molar-refractivity contribution is 0.296. The zero-order chi connectivity index (χ0) is 19.1. The van der Waals surface area contributed by atoms with Crippen LogP contribution < -0.4 is 15.4 Å². The van der Waals surface area contributed by atoms with E-state index in [9.17, 15) is 0 Å². The Bertz CT molecular complexity index is 784. The molecule has 144 valence electrons. The summed E-state index contributed by atoms with van der Waals surface area (Å²) < 4.78 is 6.05. The Kier molecular flexibility index (Phi) is 6.69. The van der Waals surface area contributed by atoms with Crippen molar-refractivity contribution >= 4 is 5.96 Å². The van der Waals surface area contributed by atoms with Gasteiger partial charge in [-0.15, -0.1) is 0 Å². The number of nitrogens with zero attached hydrogens (tertiary/aromatic N) is 2. The van der Waals surface area contributed by atoms with E-state index < -0.39 is 0 Å². The van der Waals surface area contributed by atoms with E-state index in [1.807, 2.05) is 12.4 Å². The maximum atomic E-state index is 6.05. The van der Waals surface area contributed by atoms with Crippen molar-refractivity contribution in [3.05, 3.63) is 58.9 Å². The van der Waals surface area contributed by atoms with Crippen molar-refractivity contribution in [2.24, 2.45) is 10.9 Å². The van der Waals surface area contributed by atoms with Gasteiger partial charge in [-0.05, 0) is 67.9 Å². The zero-order valence-electron chi connectivity index (χ0n) is 16.6. The van der Waals surface area contributed by atoms with Crippen LogP contribution in [0.5, 0.6) is 5.75 Å². The van der Waals surface area contributed by atoms with Crippen LogP contribution in [0.1, 0.15) is 35.1 Å². The molecule has 1 heterocycles. The highest BCUT2D eigenvalue weighted by Crippen LogP contribution is 2.30. The molecule has 1 aromatic heterocycles. The molecule has 0 aliphatic heterocycles. The number of ether oxygens (including phenoxy) is 1. The van der Waals surface area contributed by atoms with Crippen LogP contribution in [0.15, 0.2) is 41.7 Å². The van der Waals surface area contributed by atoms with Crippen molar-refractivity contribution in [1.82, 2.24) is 15.6 Å². The first-order chi connectivity index (χ1) is 13.2. The van der Waals surface area contributed by atoms with Gasteiger partial charge in [0.1, 0.15) is 5.75 Å². The van der Waals surface area contributed by atoms with Gasteiger partial charge in [0.15, 0.2) is 5.96 Å². The molecular weight excluding hydrogens is 336 g/mol. The van der Waals surface area contributed by atoms with Crippen LogP contribution >= 0.6 is 0 Å². The molecule has 1 saturated carbocycles. The van der Waals surface area contributed by atoms with Gasteiger partial charge in [0, 0.05) is 38.1 Å². The van der Waals surface area contributed by atoms with Gasteiger partial charge in [0.25, 0.3) is 0 Å². The molecule has 0 radical (unpaired) electrons. The van der Waals surface area contributed by atoms with Crippen molar-refractivity contribution < 1.29 is 4.74 Å². The lowest BCUT2D eigenvalue weighted by Crippen LogP contribution is -2.38. The molecule has 5 heteroatoms. The van der Waals surface area contributed by atoms with E-state index in [2.05, 4.69) is 58.7 Å². The number of aryl methyl sites for hydroxylation is 2. The largest absolute Gasteiger partial charge is 0.493 e. The number of hydrogen-bond acceptors (Lipinski definition) is 3. The van der Waals surface area contributed by atoms with E-state index in [0.717, 1.165) is 42.8 Å². The Morgan fingerprint density at radius 3 is 2.78 bits per heavy atom. The second-order valence-electron chi connectivity index (χ2n) is 7.27. The molecule has 1 fully saturated rings. The third-order valence-electron chi connectivity index (χ3n) is 4.89. The number of hydrogen-bond donors (Lipinski definition) is 2. The fraction of sp³-hybridized carbons (Fsp3) is 0.455. The van der Waals surface area contributed by atoms with E-state index in [-0.39, 0.29) is 0 Å². The van der Waals surface area contributed by atoms with Gasteiger partial charge in [-0.3, -0.25) is 9.98 Å². The number of pyridine rings is 1. The topological polar surface area (TPSA) is 58.5 Å². The fourth-order valence-corrected chi connectivity index (χ4v) is 2.93. The summed E-state index contributed by atoms with van der Waals surface area (Å²) in [6.07, 6.45) is 7.29. The normalized spacial score (nSPS) is 14.1. The van der Waals surface area contributed by atoms with Gasteiger partial charge < -0.3 is 15.4 Å². The van der Waals surface area contributed by atoms with Crippen LogP contribution in [-0.4, -0.2) is 31.1 Å². The molecule has 1 aliphatic rings. The first-order valence-corrected chi connectivity index (χ1v) is 9.72. The summed E-state index contributed by atoms with van der Waals surface area (Å²) in [6.45, 7) is 6.53. The van der Waals surface area contributed by atoms with E-state index in [4.69, 9.17) is 4.74 Å². The van der Waals surface area contributed by atoms with Crippen molar-refractivity contribution in [2.45, 2.75) is 39.7 Å². The number of guanidine groups is 1. The standard InChI is InChI=1S/C22H30N4O/c1-16-4-7-20(21(12-16)27-15-18-5-6-18)14-26-22(23-3)25-11-9-19-8-10-24-13-17(19)2/h4,7-8,10,12-13,18H,5-6,9,11,14-15H2,1-3H3,(H2,23,25,26). The molecule has 2 N–H and O–H groups in total. The van der Waals surface area contributed by atoms with Gasteiger partial charge in [0.2, 0.25) is 0 Å². The molecule has 0 amide bonds. The van der Waals surface area contributed by atoms with E-state index in [1.54, 1.807) is 7.05 Å². The van der Waals surface area contributed by atoms with Crippen LogP contribution in [0.4, 0.5) is 0 Å². The summed E-state index contributed by atoms with van der Waals surface area (Å²) in [5, 5.41) is 6.78. The van der Waals surface area contributed by atoms with E-state index >= 15 is 0 Å². The zero-order valence-corrected chi connectivity index (χ0v) is 16.6. The Morgan fingerprint density at radius 1 is 1.19 bits per heavy atom. The van der Waals surface area contributed by atoms with Crippen LogP contribution in [0, 0.1) is 19.8 Å². The minimum absolute atomic E-state index is 0.689. The summed E-state index contributed by atoms with van der Waals surface area (Å²) in [6, 6.07) is 8.46. The highest BCUT2D eigenvalue weighted by Gasteiger charge is 2.22. The molecule has 0 unspecified atom stereocenters. The lowest BCUT2D eigenvalue weighted by atomic mass is 10.1. The second kappa shape index (κ2) is 9.40. The minimum Gasteiger partial charge on any atom is -0.493 e. The Labute approximate surface area is 162 Å². The minimum atomic E-state index is 0.689. The van der Waals surface area contributed by atoms with Crippen molar-refractivity contribution in [1.29, 1.82) is 0 Å². The highest BCUT2D eigenvalue weighted by atomic mass is 16.5. The Balaban J connectivity index is 1.50. The predicted molar refractivity (Wildman–Crippen MR) is 110 cm³/mol.